The molecule has 0 aromatic rings. The van der Waals surface area contributed by atoms with E-state index in [2.05, 4.69) is 19.2 Å². The molecule has 0 amide bonds. The largest absolute Gasteiger partial charge is 0.310 e. The van der Waals surface area contributed by atoms with Crippen LogP contribution in [0.3, 0.4) is 0 Å². The van der Waals surface area contributed by atoms with Gasteiger partial charge >= 0.3 is 0 Å². The Bertz CT molecular complexity index is 300. The number of sulfone groups is 1. The molecular weight excluding hydrogens is 210 g/mol. The van der Waals surface area contributed by atoms with Crippen LogP contribution < -0.4 is 5.32 Å². The van der Waals surface area contributed by atoms with Gasteiger partial charge in [0.2, 0.25) is 0 Å². The minimum absolute atomic E-state index is 0.180. The highest BCUT2D eigenvalue weighted by molar-refractivity contribution is 7.91. The zero-order chi connectivity index (χ0) is 11.5. The van der Waals surface area contributed by atoms with E-state index in [0.717, 1.165) is 13.0 Å². The van der Waals surface area contributed by atoms with E-state index in [4.69, 9.17) is 0 Å². The minimum atomic E-state index is -2.78. The number of nitrogens with one attached hydrogen (secondary N) is 1. The summed E-state index contributed by atoms with van der Waals surface area (Å²) in [6.45, 7) is 7.34. The molecule has 0 aromatic heterocycles. The van der Waals surface area contributed by atoms with Crippen molar-refractivity contribution >= 4 is 9.84 Å². The lowest BCUT2D eigenvalue weighted by Gasteiger charge is -2.26. The van der Waals surface area contributed by atoms with Gasteiger partial charge in [0.15, 0.2) is 9.84 Å². The number of hydrogen-bond donors (Lipinski definition) is 1. The van der Waals surface area contributed by atoms with Crippen LogP contribution in [0, 0.1) is 5.92 Å². The van der Waals surface area contributed by atoms with Gasteiger partial charge in [-0.05, 0) is 32.2 Å². The Balaban J connectivity index is 2.39. The molecule has 0 spiro atoms. The molecule has 1 heterocycles. The first-order chi connectivity index (χ1) is 6.87. The lowest BCUT2D eigenvalue weighted by molar-refractivity contribution is 0.353. The van der Waals surface area contributed by atoms with Gasteiger partial charge in [0.05, 0.1) is 11.5 Å². The second-order valence-corrected chi connectivity index (χ2v) is 7.36. The van der Waals surface area contributed by atoms with Crippen molar-refractivity contribution in [3.8, 4) is 0 Å². The van der Waals surface area contributed by atoms with Crippen LogP contribution in [-0.2, 0) is 9.84 Å². The van der Waals surface area contributed by atoms with Crippen molar-refractivity contribution in [2.24, 2.45) is 5.92 Å². The summed E-state index contributed by atoms with van der Waals surface area (Å²) in [5.74, 6) is 1.28. The summed E-state index contributed by atoms with van der Waals surface area (Å²) >= 11 is 0. The fraction of sp³-hybridized carbons (Fsp3) is 1.00. The van der Waals surface area contributed by atoms with Crippen molar-refractivity contribution < 1.29 is 8.42 Å². The second kappa shape index (κ2) is 4.83. The molecule has 1 N–H and O–H groups in total. The van der Waals surface area contributed by atoms with Crippen LogP contribution in [0.1, 0.15) is 40.0 Å². The highest BCUT2D eigenvalue weighted by Crippen LogP contribution is 2.23. The summed E-state index contributed by atoms with van der Waals surface area (Å²) in [4.78, 5) is 0. The van der Waals surface area contributed by atoms with E-state index in [-0.39, 0.29) is 5.54 Å². The summed E-state index contributed by atoms with van der Waals surface area (Å²) in [5, 5.41) is 3.42. The quantitative estimate of drug-likeness (QED) is 0.784. The zero-order valence-electron chi connectivity index (χ0n) is 10.0. The summed E-state index contributed by atoms with van der Waals surface area (Å²) in [6.07, 6.45) is 3.15. The first-order valence-electron chi connectivity index (χ1n) is 5.82. The SMILES string of the molecule is CCCC(C)CNC1(C)CCS(=O)(=O)C1. The van der Waals surface area contributed by atoms with Crippen LogP contribution >= 0.6 is 0 Å². The maximum Gasteiger partial charge on any atom is 0.152 e. The van der Waals surface area contributed by atoms with E-state index >= 15 is 0 Å². The molecule has 3 nitrogen and oxygen atoms in total. The normalized spacial score (nSPS) is 31.7. The molecule has 90 valence electrons. The van der Waals surface area contributed by atoms with Gasteiger partial charge in [-0.1, -0.05) is 20.3 Å². The molecule has 1 aliphatic heterocycles. The van der Waals surface area contributed by atoms with Crippen molar-refractivity contribution in [3.05, 3.63) is 0 Å². The molecule has 15 heavy (non-hydrogen) atoms. The van der Waals surface area contributed by atoms with Crippen molar-refractivity contribution in [1.29, 1.82) is 0 Å². The summed E-state index contributed by atoms with van der Waals surface area (Å²) in [7, 11) is -2.78. The van der Waals surface area contributed by atoms with Gasteiger partial charge in [-0.15, -0.1) is 0 Å². The first kappa shape index (κ1) is 13.0. The van der Waals surface area contributed by atoms with E-state index in [0.29, 0.717) is 17.4 Å². The van der Waals surface area contributed by atoms with E-state index in [1.807, 2.05) is 6.92 Å². The van der Waals surface area contributed by atoms with Crippen LogP contribution in [0.25, 0.3) is 0 Å². The Morgan fingerprint density at radius 1 is 1.47 bits per heavy atom. The Morgan fingerprint density at radius 2 is 2.13 bits per heavy atom. The van der Waals surface area contributed by atoms with Crippen LogP contribution in [0.5, 0.6) is 0 Å². The molecule has 1 aliphatic rings. The van der Waals surface area contributed by atoms with Gasteiger partial charge in [0.25, 0.3) is 0 Å². The third kappa shape index (κ3) is 4.11. The van der Waals surface area contributed by atoms with Crippen molar-refractivity contribution in [2.45, 2.75) is 45.6 Å². The third-order valence-electron chi connectivity index (χ3n) is 3.16. The molecule has 4 heteroatoms. The fourth-order valence-corrected chi connectivity index (χ4v) is 4.29. The average Bonchev–Trinajstić information content (AvgIpc) is 2.39. The predicted octanol–water partition coefficient (Wildman–Crippen LogP) is 1.59. The molecule has 0 saturated carbocycles. The molecule has 0 radical (unpaired) electrons. The Hall–Kier alpha value is -0.0900. The topological polar surface area (TPSA) is 46.2 Å². The van der Waals surface area contributed by atoms with Crippen molar-refractivity contribution in [1.82, 2.24) is 5.32 Å². The lowest BCUT2D eigenvalue weighted by Crippen LogP contribution is -2.45. The summed E-state index contributed by atoms with van der Waals surface area (Å²) in [6, 6.07) is 0. The third-order valence-corrected chi connectivity index (χ3v) is 5.07. The van der Waals surface area contributed by atoms with Crippen molar-refractivity contribution in [3.63, 3.8) is 0 Å². The van der Waals surface area contributed by atoms with Gasteiger partial charge in [-0.25, -0.2) is 8.42 Å². The maximum absolute atomic E-state index is 11.4. The molecule has 2 unspecified atom stereocenters. The minimum Gasteiger partial charge on any atom is -0.310 e. The molecule has 2 atom stereocenters. The molecule has 1 rings (SSSR count). The monoisotopic (exact) mass is 233 g/mol. The second-order valence-electron chi connectivity index (χ2n) is 5.18. The van der Waals surface area contributed by atoms with Gasteiger partial charge in [-0.3, -0.25) is 0 Å². The molecule has 0 aromatic carbocycles. The highest BCUT2D eigenvalue weighted by Gasteiger charge is 2.37. The van der Waals surface area contributed by atoms with Gasteiger partial charge < -0.3 is 5.32 Å². The van der Waals surface area contributed by atoms with E-state index in [1.165, 1.54) is 12.8 Å². The smallest absolute Gasteiger partial charge is 0.152 e. The van der Waals surface area contributed by atoms with Gasteiger partial charge in [0, 0.05) is 5.54 Å². The summed E-state index contributed by atoms with van der Waals surface area (Å²) in [5.41, 5.74) is -0.180. The molecule has 1 saturated heterocycles. The first-order valence-corrected chi connectivity index (χ1v) is 7.64. The number of rotatable bonds is 5. The Kier molecular flexibility index (Phi) is 4.18. The highest BCUT2D eigenvalue weighted by atomic mass is 32.2. The zero-order valence-corrected chi connectivity index (χ0v) is 10.9. The van der Waals surface area contributed by atoms with Gasteiger partial charge in [-0.2, -0.15) is 0 Å². The number of hydrogen-bond acceptors (Lipinski definition) is 3. The van der Waals surface area contributed by atoms with Crippen LogP contribution in [0.15, 0.2) is 0 Å². The Morgan fingerprint density at radius 3 is 2.60 bits per heavy atom. The van der Waals surface area contributed by atoms with Crippen molar-refractivity contribution in [2.75, 3.05) is 18.1 Å². The predicted molar refractivity (Wildman–Crippen MR) is 63.8 cm³/mol. The standard InChI is InChI=1S/C11H23NO2S/c1-4-5-10(2)8-12-11(3)6-7-15(13,14)9-11/h10,12H,4-9H2,1-3H3. The summed E-state index contributed by atoms with van der Waals surface area (Å²) < 4.78 is 22.8. The molecule has 1 fully saturated rings. The molecule has 0 aliphatic carbocycles. The lowest BCUT2D eigenvalue weighted by atomic mass is 9.99. The maximum atomic E-state index is 11.4. The van der Waals surface area contributed by atoms with Crippen LogP contribution in [0.4, 0.5) is 0 Å². The van der Waals surface area contributed by atoms with E-state index in [9.17, 15) is 8.42 Å². The van der Waals surface area contributed by atoms with E-state index in [1.54, 1.807) is 0 Å². The Labute approximate surface area is 93.6 Å². The molecular formula is C11H23NO2S. The van der Waals surface area contributed by atoms with Gasteiger partial charge in [0.1, 0.15) is 0 Å². The van der Waals surface area contributed by atoms with Crippen LogP contribution in [0.2, 0.25) is 0 Å². The van der Waals surface area contributed by atoms with E-state index < -0.39 is 9.84 Å². The van der Waals surface area contributed by atoms with Crippen LogP contribution in [-0.4, -0.2) is 32.0 Å². The fourth-order valence-electron chi connectivity index (χ4n) is 2.17. The average molecular weight is 233 g/mol. The molecule has 0 bridgehead atoms.